The summed E-state index contributed by atoms with van der Waals surface area (Å²) < 4.78 is 0. The molecule has 0 aromatic heterocycles. The summed E-state index contributed by atoms with van der Waals surface area (Å²) in [6.45, 7) is 7.28. The maximum Gasteiger partial charge on any atom is 0.325 e. The standard InChI is InChI=1S/C15H26N4O3/c1-4-15(5-2)13(21)19(14(22)18-15)9-12(20)17-11-8-16-7-6-10(11)3/h10-11,16H,4-9H2,1-3H3,(H,17,20)(H,18,22). The molecule has 2 atom stereocenters. The van der Waals surface area contributed by atoms with Gasteiger partial charge in [0.2, 0.25) is 5.91 Å². The van der Waals surface area contributed by atoms with Crippen LogP contribution in [0, 0.1) is 5.92 Å². The van der Waals surface area contributed by atoms with E-state index in [1.807, 2.05) is 13.8 Å². The molecule has 124 valence electrons. The van der Waals surface area contributed by atoms with Crippen LogP contribution in [0.25, 0.3) is 0 Å². The Hall–Kier alpha value is -1.63. The maximum atomic E-state index is 12.4. The van der Waals surface area contributed by atoms with Crippen LogP contribution in [-0.4, -0.2) is 54.0 Å². The average molecular weight is 310 g/mol. The van der Waals surface area contributed by atoms with Crippen LogP contribution in [0.2, 0.25) is 0 Å². The molecule has 2 aliphatic heterocycles. The average Bonchev–Trinajstić information content (AvgIpc) is 2.74. The molecule has 7 nitrogen and oxygen atoms in total. The summed E-state index contributed by atoms with van der Waals surface area (Å²) in [4.78, 5) is 37.7. The number of piperidine rings is 1. The molecule has 2 fully saturated rings. The maximum absolute atomic E-state index is 12.4. The Morgan fingerprint density at radius 1 is 1.36 bits per heavy atom. The fraction of sp³-hybridized carbons (Fsp3) is 0.800. The lowest BCUT2D eigenvalue weighted by Crippen LogP contribution is -2.53. The van der Waals surface area contributed by atoms with Crippen molar-refractivity contribution in [3.63, 3.8) is 0 Å². The van der Waals surface area contributed by atoms with E-state index in [0.29, 0.717) is 18.8 Å². The molecule has 0 bridgehead atoms. The highest BCUT2D eigenvalue weighted by atomic mass is 16.2. The van der Waals surface area contributed by atoms with E-state index in [2.05, 4.69) is 22.9 Å². The SMILES string of the molecule is CCC1(CC)NC(=O)N(CC(=O)NC2CNCCC2C)C1=O. The van der Waals surface area contributed by atoms with Crippen molar-refractivity contribution in [2.45, 2.75) is 51.6 Å². The molecule has 4 amide bonds. The molecule has 0 aromatic rings. The fourth-order valence-corrected chi connectivity index (χ4v) is 3.13. The minimum Gasteiger partial charge on any atom is -0.350 e. The molecular weight excluding hydrogens is 284 g/mol. The molecule has 0 spiro atoms. The van der Waals surface area contributed by atoms with Crippen LogP contribution in [0.1, 0.15) is 40.0 Å². The quantitative estimate of drug-likeness (QED) is 0.633. The number of hydrogen-bond acceptors (Lipinski definition) is 4. The van der Waals surface area contributed by atoms with Crippen molar-refractivity contribution in [3.05, 3.63) is 0 Å². The molecule has 0 radical (unpaired) electrons. The van der Waals surface area contributed by atoms with Gasteiger partial charge < -0.3 is 16.0 Å². The summed E-state index contributed by atoms with van der Waals surface area (Å²) in [5, 5.41) is 8.89. The molecule has 2 rings (SSSR count). The van der Waals surface area contributed by atoms with Gasteiger partial charge in [-0.2, -0.15) is 0 Å². The topological polar surface area (TPSA) is 90.5 Å². The zero-order chi connectivity index (χ0) is 16.3. The van der Waals surface area contributed by atoms with E-state index in [-0.39, 0.29) is 24.4 Å². The number of nitrogens with zero attached hydrogens (tertiary/aromatic N) is 1. The molecule has 0 aliphatic carbocycles. The van der Waals surface area contributed by atoms with Gasteiger partial charge in [-0.3, -0.25) is 14.5 Å². The fourth-order valence-electron chi connectivity index (χ4n) is 3.13. The first kappa shape index (κ1) is 16.7. The van der Waals surface area contributed by atoms with Gasteiger partial charge in [0.25, 0.3) is 5.91 Å². The number of hydrogen-bond donors (Lipinski definition) is 3. The predicted molar refractivity (Wildman–Crippen MR) is 82.1 cm³/mol. The summed E-state index contributed by atoms with van der Waals surface area (Å²) >= 11 is 0. The van der Waals surface area contributed by atoms with E-state index in [9.17, 15) is 14.4 Å². The first-order valence-electron chi connectivity index (χ1n) is 8.07. The molecular formula is C15H26N4O3. The number of carbonyl (C=O) groups excluding carboxylic acids is 3. The highest BCUT2D eigenvalue weighted by molar-refractivity contribution is 6.08. The van der Waals surface area contributed by atoms with Gasteiger partial charge in [-0.05, 0) is 31.7 Å². The van der Waals surface area contributed by atoms with E-state index in [4.69, 9.17) is 0 Å². The smallest absolute Gasteiger partial charge is 0.325 e. The molecule has 2 saturated heterocycles. The number of amides is 4. The highest BCUT2D eigenvalue weighted by Gasteiger charge is 2.49. The number of carbonyl (C=O) groups is 3. The zero-order valence-corrected chi connectivity index (χ0v) is 13.6. The van der Waals surface area contributed by atoms with Crippen molar-refractivity contribution in [2.75, 3.05) is 19.6 Å². The first-order valence-corrected chi connectivity index (χ1v) is 8.07. The van der Waals surface area contributed by atoms with Crippen molar-refractivity contribution < 1.29 is 14.4 Å². The van der Waals surface area contributed by atoms with Crippen molar-refractivity contribution in [3.8, 4) is 0 Å². The highest BCUT2D eigenvalue weighted by Crippen LogP contribution is 2.24. The second kappa shape index (κ2) is 6.64. The summed E-state index contributed by atoms with van der Waals surface area (Å²) in [5.74, 6) is -0.196. The van der Waals surface area contributed by atoms with E-state index in [1.165, 1.54) is 0 Å². The van der Waals surface area contributed by atoms with Crippen LogP contribution in [0.5, 0.6) is 0 Å². The lowest BCUT2D eigenvalue weighted by molar-refractivity contribution is -0.135. The molecule has 0 aromatic carbocycles. The molecule has 7 heteroatoms. The molecule has 22 heavy (non-hydrogen) atoms. The van der Waals surface area contributed by atoms with Crippen LogP contribution < -0.4 is 16.0 Å². The van der Waals surface area contributed by atoms with E-state index < -0.39 is 11.6 Å². The predicted octanol–water partition coefficient (Wildman–Crippen LogP) is 0.211. The van der Waals surface area contributed by atoms with Gasteiger partial charge in [0.05, 0.1) is 0 Å². The second-order valence-electron chi connectivity index (χ2n) is 6.25. The van der Waals surface area contributed by atoms with Gasteiger partial charge in [0.1, 0.15) is 12.1 Å². The van der Waals surface area contributed by atoms with Gasteiger partial charge in [-0.25, -0.2) is 4.79 Å². The van der Waals surface area contributed by atoms with Crippen molar-refractivity contribution >= 4 is 17.8 Å². The van der Waals surface area contributed by atoms with Crippen molar-refractivity contribution in [2.24, 2.45) is 5.92 Å². The van der Waals surface area contributed by atoms with Crippen LogP contribution in [0.3, 0.4) is 0 Å². The minimum absolute atomic E-state index is 0.0455. The number of nitrogens with one attached hydrogen (secondary N) is 3. The van der Waals surface area contributed by atoms with Crippen LogP contribution >= 0.6 is 0 Å². The van der Waals surface area contributed by atoms with Crippen LogP contribution in [-0.2, 0) is 9.59 Å². The number of urea groups is 1. The lowest BCUT2D eigenvalue weighted by Gasteiger charge is -2.30. The molecule has 0 saturated carbocycles. The second-order valence-corrected chi connectivity index (χ2v) is 6.25. The Morgan fingerprint density at radius 2 is 2.05 bits per heavy atom. The van der Waals surface area contributed by atoms with Gasteiger partial charge >= 0.3 is 6.03 Å². The Balaban J connectivity index is 1.96. The normalized spacial score (nSPS) is 27.7. The largest absolute Gasteiger partial charge is 0.350 e. The lowest BCUT2D eigenvalue weighted by atomic mass is 9.93. The molecule has 2 aliphatic rings. The van der Waals surface area contributed by atoms with Crippen LogP contribution in [0.4, 0.5) is 4.79 Å². The number of rotatable bonds is 5. The molecule has 3 N–H and O–H groups in total. The van der Waals surface area contributed by atoms with Crippen molar-refractivity contribution in [1.82, 2.24) is 20.9 Å². The van der Waals surface area contributed by atoms with Gasteiger partial charge in [-0.1, -0.05) is 20.8 Å². The Kier molecular flexibility index (Phi) is 5.05. The van der Waals surface area contributed by atoms with E-state index in [1.54, 1.807) is 0 Å². The van der Waals surface area contributed by atoms with Crippen LogP contribution in [0.15, 0.2) is 0 Å². The Labute approximate surface area is 131 Å². The monoisotopic (exact) mass is 310 g/mol. The van der Waals surface area contributed by atoms with E-state index in [0.717, 1.165) is 24.4 Å². The van der Waals surface area contributed by atoms with Gasteiger partial charge in [0, 0.05) is 12.6 Å². The van der Waals surface area contributed by atoms with Gasteiger partial charge in [0.15, 0.2) is 0 Å². The molecule has 2 heterocycles. The summed E-state index contributed by atoms with van der Waals surface area (Å²) in [6.07, 6.45) is 2.05. The third-order valence-corrected chi connectivity index (χ3v) is 4.93. The third-order valence-electron chi connectivity index (χ3n) is 4.93. The summed E-state index contributed by atoms with van der Waals surface area (Å²) in [6, 6.07) is -0.428. The van der Waals surface area contributed by atoms with Gasteiger partial charge in [-0.15, -0.1) is 0 Å². The zero-order valence-electron chi connectivity index (χ0n) is 13.6. The Morgan fingerprint density at radius 3 is 2.59 bits per heavy atom. The number of imide groups is 1. The Bertz CT molecular complexity index is 462. The first-order chi connectivity index (χ1) is 10.4. The summed E-state index contributed by atoms with van der Waals surface area (Å²) in [7, 11) is 0. The minimum atomic E-state index is -0.850. The summed E-state index contributed by atoms with van der Waals surface area (Å²) in [5.41, 5.74) is -0.850. The molecule has 2 unspecified atom stereocenters. The van der Waals surface area contributed by atoms with Crippen molar-refractivity contribution in [1.29, 1.82) is 0 Å². The third kappa shape index (κ3) is 3.09. The van der Waals surface area contributed by atoms with E-state index >= 15 is 0 Å².